The number of piperazine rings is 1. The number of halogens is 1. The molecule has 0 unspecified atom stereocenters. The van der Waals surface area contributed by atoms with E-state index in [0.29, 0.717) is 18.1 Å². The first-order valence-electron chi connectivity index (χ1n) is 11.0. The third-order valence-electron chi connectivity index (χ3n) is 5.69. The summed E-state index contributed by atoms with van der Waals surface area (Å²) in [5, 5.41) is 4.42. The van der Waals surface area contributed by atoms with E-state index >= 15 is 0 Å². The van der Waals surface area contributed by atoms with E-state index in [2.05, 4.69) is 15.2 Å². The van der Waals surface area contributed by atoms with Crippen molar-refractivity contribution in [2.45, 2.75) is 20.3 Å². The highest BCUT2D eigenvalue weighted by atomic mass is 35.5. The minimum atomic E-state index is -0.169. The summed E-state index contributed by atoms with van der Waals surface area (Å²) in [5.41, 5.74) is 4.08. The Morgan fingerprint density at radius 2 is 1.79 bits per heavy atom. The summed E-state index contributed by atoms with van der Waals surface area (Å²) in [7, 11) is 0. The number of hydrogen-bond donors (Lipinski definition) is 1. The lowest BCUT2D eigenvalue weighted by molar-refractivity contribution is -0.133. The molecule has 4 rings (SSSR count). The van der Waals surface area contributed by atoms with Gasteiger partial charge >= 0.3 is 0 Å². The monoisotopic (exact) mass is 482 g/mol. The zero-order valence-corrected chi connectivity index (χ0v) is 20.4. The molecule has 33 heavy (non-hydrogen) atoms. The van der Waals surface area contributed by atoms with Gasteiger partial charge in [-0.2, -0.15) is 0 Å². The number of aromatic nitrogens is 1. The number of carbonyl (C=O) groups is 2. The molecule has 172 valence electrons. The molecule has 0 saturated carbocycles. The molecule has 8 heteroatoms. The Bertz CT molecular complexity index is 1140. The fraction of sp³-hybridized carbons (Fsp3) is 0.320. The maximum atomic E-state index is 12.6. The predicted molar refractivity (Wildman–Crippen MR) is 134 cm³/mol. The highest BCUT2D eigenvalue weighted by molar-refractivity contribution is 7.12. The Kier molecular flexibility index (Phi) is 7.30. The van der Waals surface area contributed by atoms with Crippen LogP contribution in [0.4, 0.5) is 5.69 Å². The molecule has 1 N–H and O–H groups in total. The lowest BCUT2D eigenvalue weighted by atomic mass is 10.1. The van der Waals surface area contributed by atoms with Crippen molar-refractivity contribution in [3.63, 3.8) is 0 Å². The van der Waals surface area contributed by atoms with Gasteiger partial charge < -0.3 is 15.1 Å². The van der Waals surface area contributed by atoms with Crippen LogP contribution in [0.5, 0.6) is 0 Å². The van der Waals surface area contributed by atoms with Crippen LogP contribution < -0.4 is 10.2 Å². The van der Waals surface area contributed by atoms with Gasteiger partial charge in [-0.25, -0.2) is 4.98 Å². The topological polar surface area (TPSA) is 65.5 Å². The van der Waals surface area contributed by atoms with Gasteiger partial charge in [0.15, 0.2) is 0 Å². The van der Waals surface area contributed by atoms with Crippen LogP contribution in [0.15, 0.2) is 48.5 Å². The summed E-state index contributed by atoms with van der Waals surface area (Å²) in [6.45, 7) is 6.70. The summed E-state index contributed by atoms with van der Waals surface area (Å²) in [5.74, 6) is -0.230. The van der Waals surface area contributed by atoms with Crippen LogP contribution >= 0.6 is 22.9 Å². The lowest BCUT2D eigenvalue weighted by Gasteiger charge is -2.36. The van der Waals surface area contributed by atoms with Crippen molar-refractivity contribution in [1.29, 1.82) is 0 Å². The van der Waals surface area contributed by atoms with Crippen molar-refractivity contribution in [1.82, 2.24) is 15.2 Å². The first-order chi connectivity index (χ1) is 15.9. The number of nitrogens with zero attached hydrogens (tertiary/aromatic N) is 3. The highest BCUT2D eigenvalue weighted by Crippen LogP contribution is 2.28. The molecular formula is C25H27ClN4O2S. The predicted octanol–water partition coefficient (Wildman–Crippen LogP) is 4.09. The van der Waals surface area contributed by atoms with Gasteiger partial charge in [0, 0.05) is 47.3 Å². The molecule has 0 aliphatic carbocycles. The smallest absolute Gasteiger partial charge is 0.242 e. The largest absolute Gasteiger partial charge is 0.368 e. The molecule has 1 saturated heterocycles. The quantitative estimate of drug-likeness (QED) is 0.574. The highest BCUT2D eigenvalue weighted by Gasteiger charge is 2.22. The molecule has 0 atom stereocenters. The Labute approximate surface area is 203 Å². The summed E-state index contributed by atoms with van der Waals surface area (Å²) >= 11 is 7.61. The Hall–Kier alpha value is -2.90. The van der Waals surface area contributed by atoms with Gasteiger partial charge in [-0.1, -0.05) is 47.5 Å². The van der Waals surface area contributed by atoms with Crippen LogP contribution in [0.1, 0.15) is 15.4 Å². The average molecular weight is 483 g/mol. The molecule has 6 nitrogen and oxygen atoms in total. The number of benzene rings is 2. The van der Waals surface area contributed by atoms with Crippen molar-refractivity contribution in [3.05, 3.63) is 69.0 Å². The maximum absolute atomic E-state index is 12.6. The molecule has 0 spiro atoms. The molecular weight excluding hydrogens is 456 g/mol. The normalized spacial score (nSPS) is 13.8. The number of nitrogens with one attached hydrogen (secondary N) is 1. The van der Waals surface area contributed by atoms with E-state index in [1.807, 2.05) is 62.4 Å². The molecule has 0 radical (unpaired) electrons. The molecule has 1 aliphatic rings. The fourth-order valence-corrected chi connectivity index (χ4v) is 5.05. The van der Waals surface area contributed by atoms with Gasteiger partial charge in [-0.05, 0) is 32.0 Å². The van der Waals surface area contributed by atoms with Crippen molar-refractivity contribution in [3.8, 4) is 11.3 Å². The fourth-order valence-electron chi connectivity index (χ4n) is 3.91. The Balaban J connectivity index is 1.28. The number of thiazole rings is 1. The molecule has 2 amide bonds. The maximum Gasteiger partial charge on any atom is 0.242 e. The van der Waals surface area contributed by atoms with Crippen molar-refractivity contribution in [2.75, 3.05) is 37.6 Å². The van der Waals surface area contributed by atoms with Gasteiger partial charge in [0.25, 0.3) is 0 Å². The van der Waals surface area contributed by atoms with Gasteiger partial charge in [0.2, 0.25) is 11.8 Å². The van der Waals surface area contributed by atoms with E-state index < -0.39 is 0 Å². The number of anilines is 1. The zero-order chi connectivity index (χ0) is 23.4. The van der Waals surface area contributed by atoms with E-state index in [9.17, 15) is 9.59 Å². The van der Waals surface area contributed by atoms with Crippen LogP contribution in [-0.4, -0.2) is 54.4 Å². The first-order valence-corrected chi connectivity index (χ1v) is 12.2. The number of rotatable bonds is 6. The molecule has 1 fully saturated rings. The standard InChI is InChI=1S/C25H27ClN4O2S/c1-17-6-8-19(9-7-17)25-22(33-18(2)28-25)15-23(31)27-16-24(32)30-12-10-29(11-13-30)21-5-3-4-20(26)14-21/h3-9,14H,10-13,15-16H2,1-2H3,(H,27,31). The number of aryl methyl sites for hydroxylation is 2. The van der Waals surface area contributed by atoms with Gasteiger partial charge in [0.05, 0.1) is 23.7 Å². The first kappa shape index (κ1) is 23.3. The second-order valence-electron chi connectivity index (χ2n) is 8.17. The molecule has 3 aromatic rings. The molecule has 2 aromatic carbocycles. The summed E-state index contributed by atoms with van der Waals surface area (Å²) in [6.07, 6.45) is 0.213. The number of carbonyl (C=O) groups excluding carboxylic acids is 2. The summed E-state index contributed by atoms with van der Waals surface area (Å²) in [6, 6.07) is 15.9. The van der Waals surface area contributed by atoms with E-state index in [4.69, 9.17) is 11.6 Å². The Morgan fingerprint density at radius 1 is 1.06 bits per heavy atom. The minimum Gasteiger partial charge on any atom is -0.368 e. The van der Waals surface area contributed by atoms with Gasteiger partial charge in [-0.15, -0.1) is 11.3 Å². The molecule has 2 heterocycles. The number of amides is 2. The van der Waals surface area contributed by atoms with Crippen LogP contribution in [0.2, 0.25) is 5.02 Å². The van der Waals surface area contributed by atoms with Gasteiger partial charge in [-0.3, -0.25) is 9.59 Å². The third kappa shape index (κ3) is 5.92. The third-order valence-corrected chi connectivity index (χ3v) is 6.90. The van der Waals surface area contributed by atoms with Crippen LogP contribution in [0.25, 0.3) is 11.3 Å². The van der Waals surface area contributed by atoms with Crippen molar-refractivity contribution >= 4 is 40.4 Å². The zero-order valence-electron chi connectivity index (χ0n) is 18.8. The second kappa shape index (κ2) is 10.4. The summed E-state index contributed by atoms with van der Waals surface area (Å²) in [4.78, 5) is 34.8. The SMILES string of the molecule is Cc1ccc(-c2nc(C)sc2CC(=O)NCC(=O)N2CCN(c3cccc(Cl)c3)CC2)cc1. The average Bonchev–Trinajstić information content (AvgIpc) is 3.17. The molecule has 0 bridgehead atoms. The van der Waals surface area contributed by atoms with Crippen LogP contribution in [0.3, 0.4) is 0 Å². The van der Waals surface area contributed by atoms with Crippen LogP contribution in [0, 0.1) is 13.8 Å². The Morgan fingerprint density at radius 3 is 2.48 bits per heavy atom. The van der Waals surface area contributed by atoms with E-state index in [1.54, 1.807) is 4.90 Å². The van der Waals surface area contributed by atoms with E-state index in [0.717, 1.165) is 39.9 Å². The lowest BCUT2D eigenvalue weighted by Crippen LogP contribution is -2.51. The van der Waals surface area contributed by atoms with Crippen molar-refractivity contribution in [2.24, 2.45) is 0 Å². The number of hydrogen-bond acceptors (Lipinski definition) is 5. The van der Waals surface area contributed by atoms with E-state index in [1.165, 1.54) is 16.9 Å². The van der Waals surface area contributed by atoms with Gasteiger partial charge in [0.1, 0.15) is 0 Å². The minimum absolute atomic E-state index is 0.00759. The van der Waals surface area contributed by atoms with Crippen molar-refractivity contribution < 1.29 is 9.59 Å². The summed E-state index contributed by atoms with van der Waals surface area (Å²) < 4.78 is 0. The molecule has 1 aromatic heterocycles. The molecule has 1 aliphatic heterocycles. The second-order valence-corrected chi connectivity index (χ2v) is 9.90. The van der Waals surface area contributed by atoms with Crippen LogP contribution in [-0.2, 0) is 16.0 Å². The van der Waals surface area contributed by atoms with E-state index in [-0.39, 0.29) is 24.8 Å².